The van der Waals surface area contributed by atoms with E-state index in [0.717, 1.165) is 0 Å². The van der Waals surface area contributed by atoms with Crippen LogP contribution in [0.1, 0.15) is 12.7 Å². The number of para-hydroxylation sites is 2. The first-order chi connectivity index (χ1) is 12.8. The molecular weight excluding hydrogens is 364 g/mol. The molecule has 1 aromatic heterocycles. The highest BCUT2D eigenvalue weighted by atomic mass is 19.3. The average molecular weight is 379 g/mol. The van der Waals surface area contributed by atoms with E-state index in [0.29, 0.717) is 4.90 Å². The van der Waals surface area contributed by atoms with Crippen molar-refractivity contribution in [2.45, 2.75) is 19.1 Å². The van der Waals surface area contributed by atoms with Gasteiger partial charge in [0.05, 0.1) is 12.0 Å². The lowest BCUT2D eigenvalue weighted by molar-refractivity contribution is -0.134. The van der Waals surface area contributed by atoms with Crippen LogP contribution in [0, 0.1) is 0 Å². The van der Waals surface area contributed by atoms with Crippen LogP contribution < -0.4 is 15.4 Å². The van der Waals surface area contributed by atoms with Crippen molar-refractivity contribution >= 4 is 23.5 Å². The Bertz CT molecular complexity index is 871. The smallest absolute Gasteiger partial charge is 0.387 e. The molecule has 0 spiro atoms. The van der Waals surface area contributed by atoms with Gasteiger partial charge in [-0.05, 0) is 31.2 Å². The topological polar surface area (TPSA) is 101 Å². The molecule has 1 saturated heterocycles. The molecule has 2 heterocycles. The molecular formula is C17H15F2N3O5. The molecule has 10 heteroatoms. The van der Waals surface area contributed by atoms with Crippen LogP contribution >= 0.6 is 0 Å². The number of urea groups is 1. The van der Waals surface area contributed by atoms with E-state index in [-0.39, 0.29) is 17.2 Å². The molecule has 0 bridgehead atoms. The molecule has 1 fully saturated rings. The van der Waals surface area contributed by atoms with E-state index in [2.05, 4.69) is 15.4 Å². The summed E-state index contributed by atoms with van der Waals surface area (Å²) in [5.41, 5.74) is -1.44. The first-order valence-electron chi connectivity index (χ1n) is 7.83. The van der Waals surface area contributed by atoms with Crippen LogP contribution in [0.15, 0.2) is 47.1 Å². The Labute approximate surface area is 152 Å². The van der Waals surface area contributed by atoms with Crippen LogP contribution in [-0.2, 0) is 15.1 Å². The zero-order valence-corrected chi connectivity index (χ0v) is 14.1. The van der Waals surface area contributed by atoms with Crippen LogP contribution in [0.5, 0.6) is 5.75 Å². The minimum absolute atomic E-state index is 0.0105. The SMILES string of the molecule is CC1(c2ccco2)NC(=O)N(CC(=O)Nc2ccccc2OC(F)F)C1=O. The van der Waals surface area contributed by atoms with Gasteiger partial charge >= 0.3 is 12.6 Å². The summed E-state index contributed by atoms with van der Waals surface area (Å²) in [6.45, 7) is -2.22. The number of halogens is 2. The standard InChI is InChI=1S/C17H15F2N3O5/c1-17(12-7-4-8-26-12)14(24)22(16(25)21-17)9-13(23)20-10-5-2-3-6-11(10)27-15(18)19/h2-8,15H,9H2,1H3,(H,20,23)(H,21,25). The maximum Gasteiger partial charge on any atom is 0.387 e. The van der Waals surface area contributed by atoms with Crippen LogP contribution in [0.2, 0.25) is 0 Å². The van der Waals surface area contributed by atoms with Gasteiger partial charge in [-0.2, -0.15) is 8.78 Å². The number of imide groups is 1. The van der Waals surface area contributed by atoms with Crippen molar-refractivity contribution in [2.75, 3.05) is 11.9 Å². The molecule has 1 aliphatic heterocycles. The lowest BCUT2D eigenvalue weighted by Crippen LogP contribution is -2.41. The second-order valence-corrected chi connectivity index (χ2v) is 5.85. The number of nitrogens with one attached hydrogen (secondary N) is 2. The van der Waals surface area contributed by atoms with Crippen molar-refractivity contribution < 1.29 is 32.3 Å². The number of benzene rings is 1. The summed E-state index contributed by atoms with van der Waals surface area (Å²) < 4.78 is 34.4. The fourth-order valence-electron chi connectivity index (χ4n) is 2.67. The number of amides is 4. The monoisotopic (exact) mass is 379 g/mol. The van der Waals surface area contributed by atoms with Crippen molar-refractivity contribution in [2.24, 2.45) is 0 Å². The molecule has 0 saturated carbocycles. The van der Waals surface area contributed by atoms with Crippen molar-refractivity contribution in [1.82, 2.24) is 10.2 Å². The summed E-state index contributed by atoms with van der Waals surface area (Å²) in [5, 5.41) is 4.83. The molecule has 1 atom stereocenters. The van der Waals surface area contributed by atoms with Crippen molar-refractivity contribution in [3.05, 3.63) is 48.4 Å². The number of nitrogens with zero attached hydrogens (tertiary/aromatic N) is 1. The van der Waals surface area contributed by atoms with Gasteiger partial charge in [-0.25, -0.2) is 4.79 Å². The van der Waals surface area contributed by atoms with Crippen molar-refractivity contribution in [3.63, 3.8) is 0 Å². The minimum Gasteiger partial charge on any atom is -0.466 e. The molecule has 4 amide bonds. The van der Waals surface area contributed by atoms with Gasteiger partial charge in [0.15, 0.2) is 5.54 Å². The Morgan fingerprint density at radius 1 is 1.30 bits per heavy atom. The first kappa shape index (κ1) is 18.4. The lowest BCUT2D eigenvalue weighted by Gasteiger charge is -2.19. The van der Waals surface area contributed by atoms with E-state index >= 15 is 0 Å². The number of carbonyl (C=O) groups excluding carboxylic acids is 3. The third kappa shape index (κ3) is 3.59. The van der Waals surface area contributed by atoms with Gasteiger partial charge in [0, 0.05) is 0 Å². The molecule has 3 rings (SSSR count). The highest BCUT2D eigenvalue weighted by Crippen LogP contribution is 2.29. The van der Waals surface area contributed by atoms with Gasteiger partial charge in [0.1, 0.15) is 18.1 Å². The number of furan rings is 1. The number of ether oxygens (including phenoxy) is 1. The maximum atomic E-state index is 12.6. The third-order valence-electron chi connectivity index (χ3n) is 3.97. The van der Waals surface area contributed by atoms with Gasteiger partial charge in [-0.3, -0.25) is 14.5 Å². The molecule has 142 valence electrons. The number of carbonyl (C=O) groups is 3. The molecule has 0 radical (unpaired) electrons. The molecule has 2 N–H and O–H groups in total. The number of anilines is 1. The van der Waals surface area contributed by atoms with E-state index in [1.54, 1.807) is 6.07 Å². The minimum atomic E-state index is -3.07. The van der Waals surface area contributed by atoms with Gasteiger partial charge in [-0.1, -0.05) is 12.1 Å². The van der Waals surface area contributed by atoms with Crippen molar-refractivity contribution in [1.29, 1.82) is 0 Å². The summed E-state index contributed by atoms with van der Waals surface area (Å²) >= 11 is 0. The molecule has 8 nitrogen and oxygen atoms in total. The van der Waals surface area contributed by atoms with Gasteiger partial charge in [0.2, 0.25) is 5.91 Å². The summed E-state index contributed by atoms with van der Waals surface area (Å²) in [5.74, 6) is -1.44. The van der Waals surface area contributed by atoms with Gasteiger partial charge in [-0.15, -0.1) is 0 Å². The zero-order valence-electron chi connectivity index (χ0n) is 14.1. The average Bonchev–Trinajstić information content (AvgIpc) is 3.21. The number of rotatable bonds is 6. The van der Waals surface area contributed by atoms with E-state index < -0.39 is 36.5 Å². The van der Waals surface area contributed by atoms with Crippen LogP contribution in [0.3, 0.4) is 0 Å². The Hall–Kier alpha value is -3.43. The van der Waals surface area contributed by atoms with E-state index in [1.807, 2.05) is 0 Å². The molecule has 0 aliphatic carbocycles. The van der Waals surface area contributed by atoms with E-state index in [1.165, 1.54) is 43.5 Å². The normalized spacial score (nSPS) is 19.3. The summed E-state index contributed by atoms with van der Waals surface area (Å²) in [7, 11) is 0. The highest BCUT2D eigenvalue weighted by molar-refractivity contribution is 6.10. The predicted molar refractivity (Wildman–Crippen MR) is 88.0 cm³/mol. The largest absolute Gasteiger partial charge is 0.466 e. The second kappa shape index (κ2) is 7.06. The van der Waals surface area contributed by atoms with Crippen molar-refractivity contribution in [3.8, 4) is 5.75 Å². The molecule has 1 aromatic carbocycles. The summed E-state index contributed by atoms with van der Waals surface area (Å²) in [4.78, 5) is 37.7. The third-order valence-corrected chi connectivity index (χ3v) is 3.97. The number of hydrogen-bond donors (Lipinski definition) is 2. The molecule has 1 unspecified atom stereocenters. The maximum absolute atomic E-state index is 12.6. The fourth-order valence-corrected chi connectivity index (χ4v) is 2.67. The quantitative estimate of drug-likeness (QED) is 0.750. The zero-order chi connectivity index (χ0) is 19.6. The molecule has 2 aromatic rings. The van der Waals surface area contributed by atoms with Crippen LogP contribution in [-0.4, -0.2) is 35.9 Å². The highest BCUT2D eigenvalue weighted by Gasteiger charge is 2.51. The second-order valence-electron chi connectivity index (χ2n) is 5.85. The van der Waals surface area contributed by atoms with E-state index in [4.69, 9.17) is 4.42 Å². The molecule has 1 aliphatic rings. The van der Waals surface area contributed by atoms with Crippen LogP contribution in [0.25, 0.3) is 0 Å². The van der Waals surface area contributed by atoms with Gasteiger partial charge in [0.25, 0.3) is 5.91 Å². The van der Waals surface area contributed by atoms with E-state index in [9.17, 15) is 23.2 Å². The van der Waals surface area contributed by atoms with Gasteiger partial charge < -0.3 is 19.8 Å². The lowest BCUT2D eigenvalue weighted by atomic mass is 9.99. The Kier molecular flexibility index (Phi) is 4.80. The predicted octanol–water partition coefficient (Wildman–Crippen LogP) is 2.29. The Morgan fingerprint density at radius 2 is 2.04 bits per heavy atom. The molecule has 27 heavy (non-hydrogen) atoms. The number of hydrogen-bond acceptors (Lipinski definition) is 5. The fraction of sp³-hybridized carbons (Fsp3) is 0.235. The Balaban J connectivity index is 1.72. The number of alkyl halides is 2. The van der Waals surface area contributed by atoms with Crippen LogP contribution in [0.4, 0.5) is 19.3 Å². The first-order valence-corrected chi connectivity index (χ1v) is 7.83. The summed E-state index contributed by atoms with van der Waals surface area (Å²) in [6, 6.07) is 7.90. The summed E-state index contributed by atoms with van der Waals surface area (Å²) in [6.07, 6.45) is 1.36. The Morgan fingerprint density at radius 3 is 2.70 bits per heavy atom.